The highest BCUT2D eigenvalue weighted by molar-refractivity contribution is 14.1. The molecule has 0 bridgehead atoms. The third-order valence-electron chi connectivity index (χ3n) is 2.68. The van der Waals surface area contributed by atoms with E-state index in [2.05, 4.69) is 0 Å². The van der Waals surface area contributed by atoms with Crippen molar-refractivity contribution in [3.63, 3.8) is 0 Å². The van der Waals surface area contributed by atoms with E-state index in [0.717, 1.165) is 15.2 Å². The summed E-state index contributed by atoms with van der Waals surface area (Å²) < 4.78 is 36.4. The van der Waals surface area contributed by atoms with Crippen LogP contribution in [0.5, 0.6) is 0 Å². The molecule has 6 heteroatoms. The number of halogens is 4. The molecular formula is C14H14F3IO2. The lowest BCUT2D eigenvalue weighted by Gasteiger charge is -2.06. The Bertz CT molecular complexity index is 496. The Morgan fingerprint density at radius 2 is 2.00 bits per heavy atom. The largest absolute Gasteiger partial charge is 0.478 e. The van der Waals surface area contributed by atoms with Crippen molar-refractivity contribution in [2.45, 2.75) is 31.9 Å². The van der Waals surface area contributed by atoms with Gasteiger partial charge in [0.05, 0.1) is 5.56 Å². The number of hydrogen-bond acceptors (Lipinski definition) is 1. The van der Waals surface area contributed by atoms with Gasteiger partial charge in [-0.3, -0.25) is 0 Å². The smallest absolute Gasteiger partial charge is 0.409 e. The first-order valence-corrected chi connectivity index (χ1v) is 7.13. The maximum Gasteiger partial charge on any atom is 0.409 e. The van der Waals surface area contributed by atoms with Crippen LogP contribution < -0.4 is 0 Å². The Labute approximate surface area is 128 Å². The Morgan fingerprint density at radius 3 is 2.60 bits per heavy atom. The van der Waals surface area contributed by atoms with Gasteiger partial charge in [-0.2, -0.15) is 13.2 Å². The summed E-state index contributed by atoms with van der Waals surface area (Å²) in [6, 6.07) is 5.18. The van der Waals surface area contributed by atoms with Crippen molar-refractivity contribution in [1.29, 1.82) is 0 Å². The number of unbranched alkanes of at least 4 members (excludes halogenated alkanes) is 2. The van der Waals surface area contributed by atoms with Gasteiger partial charge < -0.3 is 5.11 Å². The molecule has 0 saturated carbocycles. The molecule has 0 aromatic heterocycles. The van der Waals surface area contributed by atoms with Gasteiger partial charge in [0.2, 0.25) is 0 Å². The van der Waals surface area contributed by atoms with E-state index in [-0.39, 0.29) is 11.6 Å². The number of rotatable bonds is 6. The summed E-state index contributed by atoms with van der Waals surface area (Å²) in [6.07, 6.45) is -0.773. The second-order valence-corrected chi connectivity index (χ2v) is 5.54. The minimum atomic E-state index is -4.26. The molecule has 1 aromatic rings. The van der Waals surface area contributed by atoms with E-state index in [4.69, 9.17) is 5.11 Å². The van der Waals surface area contributed by atoms with Crippen LogP contribution in [0.25, 0.3) is 0 Å². The van der Waals surface area contributed by atoms with Crippen molar-refractivity contribution < 1.29 is 23.1 Å². The first kappa shape index (κ1) is 17.0. The fraction of sp³-hybridized carbons (Fsp3) is 0.357. The average molecular weight is 398 g/mol. The summed E-state index contributed by atoms with van der Waals surface area (Å²) in [4.78, 5) is 11.1. The predicted molar refractivity (Wildman–Crippen MR) is 78.9 cm³/mol. The van der Waals surface area contributed by atoms with Crippen molar-refractivity contribution in [2.24, 2.45) is 0 Å². The molecule has 0 unspecified atom stereocenters. The maximum atomic E-state index is 11.9. The van der Waals surface area contributed by atoms with Crippen LogP contribution in [0.1, 0.15) is 35.2 Å². The number of aryl methyl sites for hydroxylation is 1. The number of benzene rings is 1. The Kier molecular flexibility index (Phi) is 6.51. The summed E-state index contributed by atoms with van der Waals surface area (Å²) in [5.74, 6) is -0.976. The minimum absolute atomic E-state index is 0.237. The number of alkyl halides is 3. The van der Waals surface area contributed by atoms with Crippen molar-refractivity contribution in [3.05, 3.63) is 45.0 Å². The van der Waals surface area contributed by atoms with Crippen LogP contribution in [-0.2, 0) is 6.42 Å². The Morgan fingerprint density at radius 1 is 1.30 bits per heavy atom. The van der Waals surface area contributed by atoms with E-state index in [1.165, 1.54) is 0 Å². The second kappa shape index (κ2) is 7.66. The molecule has 0 spiro atoms. The molecule has 0 atom stereocenters. The fourth-order valence-corrected chi connectivity index (χ4v) is 2.25. The zero-order chi connectivity index (χ0) is 15.2. The van der Waals surface area contributed by atoms with Crippen LogP contribution in [0.15, 0.2) is 30.4 Å². The van der Waals surface area contributed by atoms with Gasteiger partial charge in [0.15, 0.2) is 0 Å². The lowest BCUT2D eigenvalue weighted by Crippen LogP contribution is -2.03. The van der Waals surface area contributed by atoms with Gasteiger partial charge in [-0.25, -0.2) is 4.79 Å². The summed E-state index contributed by atoms with van der Waals surface area (Å²) in [6.45, 7) is 0. The number of allylic oxidation sites excluding steroid dienone is 2. The standard InChI is InChI=1S/C14H14F3IO2/c15-14(16,17)8-4-2-1-3-5-10-6-7-11(18)9-12(10)13(19)20/h4,6-9H,1-3,5H2,(H,19,20). The van der Waals surface area contributed by atoms with Gasteiger partial charge in [0.1, 0.15) is 0 Å². The van der Waals surface area contributed by atoms with Gasteiger partial charge in [-0.15, -0.1) is 0 Å². The first-order chi connectivity index (χ1) is 9.29. The number of carboxylic acids is 1. The molecule has 110 valence electrons. The van der Waals surface area contributed by atoms with E-state index in [1.54, 1.807) is 12.1 Å². The van der Waals surface area contributed by atoms with E-state index in [1.807, 2.05) is 28.7 Å². The fourth-order valence-electron chi connectivity index (χ4n) is 1.76. The molecule has 1 rings (SSSR count). The lowest BCUT2D eigenvalue weighted by molar-refractivity contribution is -0.0800. The Hall–Kier alpha value is -1.05. The molecule has 1 N–H and O–H groups in total. The van der Waals surface area contributed by atoms with Gasteiger partial charge in [0.25, 0.3) is 0 Å². The summed E-state index contributed by atoms with van der Waals surface area (Å²) >= 11 is 2.04. The molecular weight excluding hydrogens is 384 g/mol. The number of hydrogen-bond donors (Lipinski definition) is 1. The molecule has 0 amide bonds. The van der Waals surface area contributed by atoms with E-state index in [0.29, 0.717) is 25.7 Å². The highest BCUT2D eigenvalue weighted by Crippen LogP contribution is 2.18. The van der Waals surface area contributed by atoms with E-state index < -0.39 is 12.1 Å². The summed E-state index contributed by atoms with van der Waals surface area (Å²) in [5.41, 5.74) is 0.987. The van der Waals surface area contributed by atoms with Gasteiger partial charge in [-0.1, -0.05) is 12.1 Å². The van der Waals surface area contributed by atoms with Gasteiger partial charge in [0, 0.05) is 9.65 Å². The maximum absolute atomic E-state index is 11.9. The highest BCUT2D eigenvalue weighted by Gasteiger charge is 2.21. The first-order valence-electron chi connectivity index (χ1n) is 6.06. The highest BCUT2D eigenvalue weighted by atomic mass is 127. The third kappa shape index (κ3) is 6.40. The Balaban J connectivity index is 2.47. The molecule has 0 heterocycles. The average Bonchev–Trinajstić information content (AvgIpc) is 2.33. The third-order valence-corrected chi connectivity index (χ3v) is 3.35. The zero-order valence-electron chi connectivity index (χ0n) is 10.6. The van der Waals surface area contributed by atoms with Crippen LogP contribution in [0, 0.1) is 3.57 Å². The molecule has 0 saturated heterocycles. The van der Waals surface area contributed by atoms with E-state index in [9.17, 15) is 18.0 Å². The monoisotopic (exact) mass is 398 g/mol. The summed E-state index contributed by atoms with van der Waals surface area (Å²) in [7, 11) is 0. The van der Waals surface area contributed by atoms with Crippen molar-refractivity contribution in [2.75, 3.05) is 0 Å². The second-order valence-electron chi connectivity index (χ2n) is 4.30. The number of carbonyl (C=O) groups is 1. The molecule has 0 fully saturated rings. The van der Waals surface area contributed by atoms with Crippen molar-refractivity contribution >= 4 is 28.6 Å². The van der Waals surface area contributed by atoms with Crippen LogP contribution in [-0.4, -0.2) is 17.3 Å². The van der Waals surface area contributed by atoms with Crippen LogP contribution in [0.2, 0.25) is 0 Å². The van der Waals surface area contributed by atoms with Crippen LogP contribution >= 0.6 is 22.6 Å². The van der Waals surface area contributed by atoms with E-state index >= 15 is 0 Å². The van der Waals surface area contributed by atoms with Gasteiger partial charge in [-0.05, 0) is 66.0 Å². The van der Waals surface area contributed by atoms with Crippen molar-refractivity contribution in [1.82, 2.24) is 0 Å². The van der Waals surface area contributed by atoms with Crippen molar-refractivity contribution in [3.8, 4) is 0 Å². The molecule has 2 nitrogen and oxygen atoms in total. The van der Waals surface area contributed by atoms with Crippen LogP contribution in [0.3, 0.4) is 0 Å². The number of carboxylic acid groups (broad SMARTS) is 1. The molecule has 1 aromatic carbocycles. The quantitative estimate of drug-likeness (QED) is 0.424. The predicted octanol–water partition coefficient (Wildman–Crippen LogP) is 4.82. The topological polar surface area (TPSA) is 37.3 Å². The zero-order valence-corrected chi connectivity index (χ0v) is 12.7. The van der Waals surface area contributed by atoms with Crippen LogP contribution in [0.4, 0.5) is 13.2 Å². The van der Waals surface area contributed by atoms with Gasteiger partial charge >= 0.3 is 12.1 Å². The molecule has 0 aliphatic carbocycles. The number of aromatic carboxylic acids is 1. The SMILES string of the molecule is O=C(O)c1cc(I)ccc1CCCCC=CC(F)(F)F. The normalized spacial score (nSPS) is 12.0. The lowest BCUT2D eigenvalue weighted by atomic mass is 10.0. The molecule has 20 heavy (non-hydrogen) atoms. The molecule has 0 aliphatic rings. The molecule has 0 radical (unpaired) electrons. The summed E-state index contributed by atoms with van der Waals surface area (Å²) in [5, 5.41) is 9.08. The minimum Gasteiger partial charge on any atom is -0.478 e. The molecule has 0 aliphatic heterocycles.